The number of nitrogens with one attached hydrogen (secondary N) is 1. The van der Waals surface area contributed by atoms with Gasteiger partial charge in [0.05, 0.1) is 0 Å². The molecule has 0 aromatic carbocycles. The lowest BCUT2D eigenvalue weighted by molar-refractivity contribution is -0.127. The molecule has 0 heterocycles. The minimum atomic E-state index is 0.209. The van der Waals surface area contributed by atoms with Crippen LogP contribution in [0.25, 0.3) is 0 Å². The first kappa shape index (κ1) is 10.7. The summed E-state index contributed by atoms with van der Waals surface area (Å²) >= 11 is 0. The summed E-state index contributed by atoms with van der Waals surface area (Å²) in [5, 5.41) is 3.28. The maximum absolute atomic E-state index is 11.7. The second-order valence-electron chi connectivity index (χ2n) is 4.41. The fourth-order valence-corrected chi connectivity index (χ4v) is 2.18. The highest BCUT2D eigenvalue weighted by Gasteiger charge is 2.27. The summed E-state index contributed by atoms with van der Waals surface area (Å²) in [6.07, 6.45) is 4.59. The molecule has 1 aliphatic carbocycles. The molecule has 0 radical (unpaired) electrons. The Kier molecular flexibility index (Phi) is 3.91. The molecule has 2 unspecified atom stereocenters. The molecule has 1 fully saturated rings. The van der Waals surface area contributed by atoms with E-state index < -0.39 is 0 Å². The molecule has 0 aliphatic heterocycles. The molecule has 2 heteroatoms. The van der Waals surface area contributed by atoms with Gasteiger partial charge < -0.3 is 5.32 Å². The summed E-state index contributed by atoms with van der Waals surface area (Å²) in [6.45, 7) is 4.01. The van der Waals surface area contributed by atoms with Gasteiger partial charge in [-0.2, -0.15) is 0 Å². The smallest absolute Gasteiger partial charge is 0.138 e. The van der Waals surface area contributed by atoms with Crippen LogP contribution < -0.4 is 5.32 Å². The van der Waals surface area contributed by atoms with Gasteiger partial charge in [-0.15, -0.1) is 0 Å². The highest BCUT2D eigenvalue weighted by atomic mass is 16.1. The molecule has 13 heavy (non-hydrogen) atoms. The Balaban J connectivity index is 2.46. The Bertz CT molecular complexity index is 177. The molecule has 0 saturated heterocycles. The van der Waals surface area contributed by atoms with Crippen molar-refractivity contribution in [2.75, 3.05) is 7.05 Å². The van der Waals surface area contributed by atoms with Crippen LogP contribution in [0.4, 0.5) is 0 Å². The van der Waals surface area contributed by atoms with E-state index in [0.29, 0.717) is 17.7 Å². The molecule has 2 nitrogen and oxygen atoms in total. The fraction of sp³-hybridized carbons (Fsp3) is 0.909. The van der Waals surface area contributed by atoms with Crippen molar-refractivity contribution in [2.45, 2.75) is 45.6 Å². The van der Waals surface area contributed by atoms with Gasteiger partial charge in [0.25, 0.3) is 0 Å². The van der Waals surface area contributed by atoms with Gasteiger partial charge in [0.15, 0.2) is 0 Å². The molecule has 1 saturated carbocycles. The fourth-order valence-electron chi connectivity index (χ4n) is 2.18. The Hall–Kier alpha value is -0.370. The van der Waals surface area contributed by atoms with Gasteiger partial charge in [0.1, 0.15) is 5.78 Å². The second kappa shape index (κ2) is 4.75. The van der Waals surface area contributed by atoms with Crippen LogP contribution in [0.15, 0.2) is 0 Å². The monoisotopic (exact) mass is 183 g/mol. The molecular weight excluding hydrogens is 162 g/mol. The number of Topliss-reactive ketones (excluding diaryl/α,β-unsaturated/α-hetero) is 1. The van der Waals surface area contributed by atoms with Crippen molar-refractivity contribution in [3.8, 4) is 0 Å². The Morgan fingerprint density at radius 1 is 1.38 bits per heavy atom. The maximum atomic E-state index is 11.7. The Labute approximate surface area is 81.1 Å². The van der Waals surface area contributed by atoms with Gasteiger partial charge in [-0.25, -0.2) is 0 Å². The lowest BCUT2D eigenvalue weighted by Gasteiger charge is -2.28. The van der Waals surface area contributed by atoms with Crippen LogP contribution in [0.1, 0.15) is 39.5 Å². The first-order chi connectivity index (χ1) is 6.15. The van der Waals surface area contributed by atoms with Gasteiger partial charge in [-0.05, 0) is 26.3 Å². The predicted octanol–water partition coefficient (Wildman–Crippen LogP) is 1.99. The zero-order valence-corrected chi connectivity index (χ0v) is 8.97. The third-order valence-electron chi connectivity index (χ3n) is 3.05. The molecule has 0 amide bonds. The van der Waals surface area contributed by atoms with E-state index in [0.717, 1.165) is 12.8 Å². The van der Waals surface area contributed by atoms with E-state index in [-0.39, 0.29) is 5.92 Å². The Morgan fingerprint density at radius 2 is 2.08 bits per heavy atom. The molecule has 0 aromatic rings. The average molecular weight is 183 g/mol. The first-order valence-corrected chi connectivity index (χ1v) is 5.36. The maximum Gasteiger partial charge on any atom is 0.138 e. The van der Waals surface area contributed by atoms with E-state index in [4.69, 9.17) is 0 Å². The number of hydrogen-bond acceptors (Lipinski definition) is 2. The topological polar surface area (TPSA) is 29.1 Å². The second-order valence-corrected chi connectivity index (χ2v) is 4.41. The minimum absolute atomic E-state index is 0.209. The summed E-state index contributed by atoms with van der Waals surface area (Å²) in [5.74, 6) is 0.992. The number of carbonyl (C=O) groups is 1. The third-order valence-corrected chi connectivity index (χ3v) is 3.05. The van der Waals surface area contributed by atoms with Gasteiger partial charge in [-0.3, -0.25) is 4.79 Å². The molecule has 1 aliphatic rings. The van der Waals surface area contributed by atoms with Gasteiger partial charge >= 0.3 is 0 Å². The molecule has 2 atom stereocenters. The zero-order chi connectivity index (χ0) is 9.84. The number of ketones is 1. The van der Waals surface area contributed by atoms with Crippen LogP contribution in [0.2, 0.25) is 0 Å². The van der Waals surface area contributed by atoms with Crippen molar-refractivity contribution in [1.82, 2.24) is 5.32 Å². The van der Waals surface area contributed by atoms with Crippen molar-refractivity contribution in [1.29, 1.82) is 0 Å². The summed E-state index contributed by atoms with van der Waals surface area (Å²) in [7, 11) is 1.99. The molecule has 1 rings (SSSR count). The lowest BCUT2D eigenvalue weighted by atomic mass is 9.80. The number of hydrogen-bond donors (Lipinski definition) is 1. The largest absolute Gasteiger partial charge is 0.317 e. The van der Waals surface area contributed by atoms with Crippen molar-refractivity contribution in [2.24, 2.45) is 11.8 Å². The SMILES string of the molecule is CNC1CCCC(C(=O)C(C)C)C1. The van der Waals surface area contributed by atoms with Crippen LogP contribution in [0.5, 0.6) is 0 Å². The summed E-state index contributed by atoms with van der Waals surface area (Å²) in [5.41, 5.74) is 0. The van der Waals surface area contributed by atoms with Crippen molar-refractivity contribution >= 4 is 5.78 Å². The van der Waals surface area contributed by atoms with Crippen LogP contribution in [0, 0.1) is 11.8 Å². The molecule has 1 N–H and O–H groups in total. The molecule has 0 spiro atoms. The normalized spacial score (nSPS) is 29.2. The third kappa shape index (κ3) is 2.80. The van der Waals surface area contributed by atoms with Crippen LogP contribution in [-0.2, 0) is 4.79 Å². The molecule has 0 aromatic heterocycles. The van der Waals surface area contributed by atoms with Crippen molar-refractivity contribution in [3.63, 3.8) is 0 Å². The predicted molar refractivity (Wildman–Crippen MR) is 54.7 cm³/mol. The summed E-state index contributed by atoms with van der Waals surface area (Å²) in [4.78, 5) is 11.7. The highest BCUT2D eigenvalue weighted by molar-refractivity contribution is 5.82. The highest BCUT2D eigenvalue weighted by Crippen LogP contribution is 2.26. The van der Waals surface area contributed by atoms with Gasteiger partial charge in [0, 0.05) is 17.9 Å². The standard InChI is InChI=1S/C11H21NO/c1-8(2)11(13)9-5-4-6-10(7-9)12-3/h8-10,12H,4-7H2,1-3H3. The molecular formula is C11H21NO. The minimum Gasteiger partial charge on any atom is -0.317 e. The van der Waals surface area contributed by atoms with E-state index in [9.17, 15) is 4.79 Å². The number of carbonyl (C=O) groups excluding carboxylic acids is 1. The average Bonchev–Trinajstić information content (AvgIpc) is 2.16. The van der Waals surface area contributed by atoms with Crippen molar-refractivity contribution < 1.29 is 4.79 Å². The van der Waals surface area contributed by atoms with Crippen LogP contribution >= 0.6 is 0 Å². The van der Waals surface area contributed by atoms with E-state index in [1.807, 2.05) is 20.9 Å². The van der Waals surface area contributed by atoms with Crippen LogP contribution in [-0.4, -0.2) is 18.9 Å². The van der Waals surface area contributed by atoms with E-state index in [2.05, 4.69) is 5.32 Å². The van der Waals surface area contributed by atoms with Crippen molar-refractivity contribution in [3.05, 3.63) is 0 Å². The Morgan fingerprint density at radius 3 is 2.62 bits per heavy atom. The van der Waals surface area contributed by atoms with E-state index in [1.165, 1.54) is 12.8 Å². The first-order valence-electron chi connectivity index (χ1n) is 5.36. The lowest BCUT2D eigenvalue weighted by Crippen LogP contribution is -2.35. The molecule has 76 valence electrons. The zero-order valence-electron chi connectivity index (χ0n) is 8.97. The quantitative estimate of drug-likeness (QED) is 0.725. The van der Waals surface area contributed by atoms with E-state index in [1.54, 1.807) is 0 Å². The summed E-state index contributed by atoms with van der Waals surface area (Å²) in [6, 6.07) is 0.571. The molecule has 0 bridgehead atoms. The summed E-state index contributed by atoms with van der Waals surface area (Å²) < 4.78 is 0. The van der Waals surface area contributed by atoms with E-state index >= 15 is 0 Å². The number of rotatable bonds is 3. The van der Waals surface area contributed by atoms with Crippen LogP contribution in [0.3, 0.4) is 0 Å². The van der Waals surface area contributed by atoms with Gasteiger partial charge in [0.2, 0.25) is 0 Å². The van der Waals surface area contributed by atoms with Gasteiger partial charge in [-0.1, -0.05) is 20.3 Å².